The van der Waals surface area contributed by atoms with Crippen LogP contribution in [0.25, 0.3) is 0 Å². The lowest BCUT2D eigenvalue weighted by atomic mass is 10.4. The Kier molecular flexibility index (Phi) is 2.72. The summed E-state index contributed by atoms with van der Waals surface area (Å²) in [5.74, 6) is 0.573. The van der Waals surface area contributed by atoms with E-state index in [1.54, 1.807) is 0 Å². The van der Waals surface area contributed by atoms with E-state index < -0.39 is 10.1 Å². The number of hydrogen-bond acceptors (Lipinski definition) is 5. The third-order valence-electron chi connectivity index (χ3n) is 1.17. The van der Waals surface area contributed by atoms with Crippen LogP contribution in [-0.2, 0) is 10.1 Å². The van der Waals surface area contributed by atoms with E-state index >= 15 is 0 Å². The van der Waals surface area contributed by atoms with E-state index in [4.69, 9.17) is 4.74 Å². The number of aromatic nitrogens is 1. The molecule has 0 amide bonds. The first-order chi connectivity index (χ1) is 6.01. The molecule has 5 nitrogen and oxygen atoms in total. The average Bonchev–Trinajstić information content (AvgIpc) is 2.03. The Labute approximate surface area is 76.4 Å². The first-order valence-electron chi connectivity index (χ1n) is 3.41. The molecule has 6 heteroatoms. The minimum absolute atomic E-state index is 0.170. The van der Waals surface area contributed by atoms with E-state index in [9.17, 15) is 8.42 Å². The molecule has 1 heterocycles. The predicted octanol–water partition coefficient (Wildman–Crippen LogP) is 0.429. The molecule has 0 aliphatic heterocycles. The molecule has 0 aliphatic carbocycles. The molecule has 0 bridgehead atoms. The Morgan fingerprint density at radius 1 is 1.38 bits per heavy atom. The summed E-state index contributed by atoms with van der Waals surface area (Å²) in [6.07, 6.45) is 2.25. The molecule has 1 aromatic rings. The van der Waals surface area contributed by atoms with Gasteiger partial charge in [0.1, 0.15) is 0 Å². The summed E-state index contributed by atoms with van der Waals surface area (Å²) in [6.45, 7) is 0. The van der Waals surface area contributed by atoms with Gasteiger partial charge in [-0.15, -0.1) is 0 Å². The average molecular weight is 203 g/mol. The molecular weight excluding hydrogens is 194 g/mol. The highest BCUT2D eigenvalue weighted by Crippen LogP contribution is 2.14. The predicted molar refractivity (Wildman–Crippen MR) is 46.3 cm³/mol. The molecule has 0 atom stereocenters. The number of nitrogens with zero attached hydrogens (tertiary/aromatic N) is 1. The second-order valence-corrected chi connectivity index (χ2v) is 3.90. The monoisotopic (exact) mass is 203 g/mol. The molecule has 0 unspecified atom stereocenters. The highest BCUT2D eigenvalue weighted by molar-refractivity contribution is 7.86. The summed E-state index contributed by atoms with van der Waals surface area (Å²) >= 11 is 0. The second-order valence-electron chi connectivity index (χ2n) is 2.32. The SMILES string of the molecule is COc1ccc(OS(C)(=O)=O)cn1. The lowest BCUT2D eigenvalue weighted by Gasteiger charge is -2.02. The molecule has 1 rings (SSSR count). The van der Waals surface area contributed by atoms with E-state index in [1.807, 2.05) is 0 Å². The first kappa shape index (κ1) is 9.79. The Bertz CT molecular complexity index is 370. The van der Waals surface area contributed by atoms with Crippen molar-refractivity contribution in [3.05, 3.63) is 18.3 Å². The molecule has 0 N–H and O–H groups in total. The summed E-state index contributed by atoms with van der Waals surface area (Å²) in [5.41, 5.74) is 0. The van der Waals surface area contributed by atoms with Gasteiger partial charge in [-0.2, -0.15) is 8.42 Å². The van der Waals surface area contributed by atoms with Gasteiger partial charge < -0.3 is 8.92 Å². The van der Waals surface area contributed by atoms with Gasteiger partial charge in [-0.05, 0) is 6.07 Å². The van der Waals surface area contributed by atoms with Crippen LogP contribution in [0.3, 0.4) is 0 Å². The van der Waals surface area contributed by atoms with E-state index in [0.717, 1.165) is 6.26 Å². The van der Waals surface area contributed by atoms with Gasteiger partial charge in [0.05, 0.1) is 19.6 Å². The van der Waals surface area contributed by atoms with Gasteiger partial charge in [0.2, 0.25) is 5.88 Å². The molecule has 0 saturated carbocycles. The largest absolute Gasteiger partial charge is 0.481 e. The molecule has 72 valence electrons. The lowest BCUT2D eigenvalue weighted by molar-refractivity contribution is 0.396. The molecular formula is C7H9NO4S. The summed E-state index contributed by atoms with van der Waals surface area (Å²) < 4.78 is 30.7. The highest BCUT2D eigenvalue weighted by atomic mass is 32.2. The fourth-order valence-corrected chi connectivity index (χ4v) is 1.16. The zero-order chi connectivity index (χ0) is 9.90. The van der Waals surface area contributed by atoms with Crippen molar-refractivity contribution in [2.24, 2.45) is 0 Å². The van der Waals surface area contributed by atoms with E-state index in [1.165, 1.54) is 25.4 Å². The van der Waals surface area contributed by atoms with Crippen LogP contribution in [0.5, 0.6) is 11.6 Å². The minimum atomic E-state index is -3.48. The molecule has 0 spiro atoms. The molecule has 0 aliphatic rings. The van der Waals surface area contributed by atoms with Crippen molar-refractivity contribution in [1.82, 2.24) is 4.98 Å². The zero-order valence-electron chi connectivity index (χ0n) is 7.22. The minimum Gasteiger partial charge on any atom is -0.481 e. The fraction of sp³-hybridized carbons (Fsp3) is 0.286. The van der Waals surface area contributed by atoms with Gasteiger partial charge in [-0.1, -0.05) is 0 Å². The molecule has 0 saturated heterocycles. The molecule has 0 aromatic carbocycles. The normalized spacial score (nSPS) is 10.9. The van der Waals surface area contributed by atoms with Crippen LogP contribution in [0.4, 0.5) is 0 Å². The molecule has 0 fully saturated rings. The summed E-state index contributed by atoms with van der Waals surface area (Å²) in [5, 5.41) is 0. The maximum Gasteiger partial charge on any atom is 0.306 e. The Balaban J connectivity index is 2.81. The van der Waals surface area contributed by atoms with Gasteiger partial charge in [0, 0.05) is 6.07 Å². The zero-order valence-corrected chi connectivity index (χ0v) is 8.04. The smallest absolute Gasteiger partial charge is 0.306 e. The summed E-state index contributed by atoms with van der Waals surface area (Å²) in [7, 11) is -2.01. The van der Waals surface area contributed by atoms with Gasteiger partial charge in [0.25, 0.3) is 0 Å². The van der Waals surface area contributed by atoms with Crippen molar-refractivity contribution in [3.63, 3.8) is 0 Å². The maximum absolute atomic E-state index is 10.7. The fourth-order valence-electron chi connectivity index (χ4n) is 0.712. The lowest BCUT2D eigenvalue weighted by Crippen LogP contribution is -2.05. The number of hydrogen-bond donors (Lipinski definition) is 0. The second kappa shape index (κ2) is 3.61. The van der Waals surface area contributed by atoms with Crippen LogP contribution >= 0.6 is 0 Å². The highest BCUT2D eigenvalue weighted by Gasteiger charge is 2.04. The Morgan fingerprint density at radius 3 is 2.46 bits per heavy atom. The third-order valence-corrected chi connectivity index (χ3v) is 1.66. The van der Waals surface area contributed by atoms with E-state index in [0.29, 0.717) is 5.88 Å². The van der Waals surface area contributed by atoms with Gasteiger partial charge in [-0.3, -0.25) is 0 Å². The van der Waals surface area contributed by atoms with E-state index in [-0.39, 0.29) is 5.75 Å². The van der Waals surface area contributed by atoms with Crippen LogP contribution in [-0.4, -0.2) is 26.8 Å². The Hall–Kier alpha value is -1.30. The van der Waals surface area contributed by atoms with Crippen molar-refractivity contribution < 1.29 is 17.3 Å². The van der Waals surface area contributed by atoms with E-state index in [2.05, 4.69) is 9.17 Å². The van der Waals surface area contributed by atoms with Gasteiger partial charge >= 0.3 is 10.1 Å². The van der Waals surface area contributed by atoms with Crippen molar-refractivity contribution >= 4 is 10.1 Å². The van der Waals surface area contributed by atoms with Crippen LogP contribution in [0, 0.1) is 0 Å². The maximum atomic E-state index is 10.7. The van der Waals surface area contributed by atoms with Crippen LogP contribution in [0.15, 0.2) is 18.3 Å². The van der Waals surface area contributed by atoms with Crippen molar-refractivity contribution in [1.29, 1.82) is 0 Å². The number of ether oxygens (including phenoxy) is 1. The molecule has 13 heavy (non-hydrogen) atoms. The van der Waals surface area contributed by atoms with Crippen molar-refractivity contribution in [3.8, 4) is 11.6 Å². The quantitative estimate of drug-likeness (QED) is 0.666. The van der Waals surface area contributed by atoms with Crippen LogP contribution < -0.4 is 8.92 Å². The summed E-state index contributed by atoms with van der Waals surface area (Å²) in [6, 6.07) is 2.98. The standard InChI is InChI=1S/C7H9NO4S/c1-11-7-4-3-6(5-8-7)12-13(2,9)10/h3-5H,1-2H3. The Morgan fingerprint density at radius 2 is 2.08 bits per heavy atom. The number of pyridine rings is 1. The van der Waals surface area contributed by atoms with Gasteiger partial charge in [0.15, 0.2) is 5.75 Å². The molecule has 0 radical (unpaired) electrons. The molecule has 1 aromatic heterocycles. The summed E-state index contributed by atoms with van der Waals surface area (Å²) in [4.78, 5) is 3.77. The van der Waals surface area contributed by atoms with Crippen molar-refractivity contribution in [2.75, 3.05) is 13.4 Å². The van der Waals surface area contributed by atoms with Gasteiger partial charge in [-0.25, -0.2) is 4.98 Å². The first-order valence-corrected chi connectivity index (χ1v) is 5.22. The van der Waals surface area contributed by atoms with Crippen molar-refractivity contribution in [2.45, 2.75) is 0 Å². The van der Waals surface area contributed by atoms with Crippen LogP contribution in [0.1, 0.15) is 0 Å². The topological polar surface area (TPSA) is 65.5 Å². The number of rotatable bonds is 3. The van der Waals surface area contributed by atoms with Crippen LogP contribution in [0.2, 0.25) is 0 Å². The number of methoxy groups -OCH3 is 1. The third kappa shape index (κ3) is 3.29.